The first-order chi connectivity index (χ1) is 16.5. The van der Waals surface area contributed by atoms with Gasteiger partial charge in [-0.05, 0) is 56.6 Å². The Hall–Kier alpha value is -2.28. The highest BCUT2D eigenvalue weighted by Gasteiger charge is 2.83. The predicted molar refractivity (Wildman–Crippen MR) is 126 cm³/mol. The van der Waals surface area contributed by atoms with Crippen molar-refractivity contribution >= 4 is 23.5 Å². The zero-order valence-electron chi connectivity index (χ0n) is 21.3. The van der Waals surface area contributed by atoms with Crippen LogP contribution in [0, 0.1) is 28.6 Å². The number of Topliss-reactive ketones (excluding diaryl/α,β-unsaturated/α-hetero) is 1. The van der Waals surface area contributed by atoms with Gasteiger partial charge < -0.3 is 14.2 Å². The third kappa shape index (κ3) is 3.00. The molecule has 0 radical (unpaired) electrons. The summed E-state index contributed by atoms with van der Waals surface area (Å²) in [6, 6.07) is 0. The lowest BCUT2D eigenvalue weighted by Crippen LogP contribution is -2.63. The molecule has 0 aromatic rings. The molecule has 35 heavy (non-hydrogen) atoms. The largest absolute Gasteiger partial charge is 0.457 e. The van der Waals surface area contributed by atoms with Gasteiger partial charge in [-0.1, -0.05) is 39.3 Å². The van der Waals surface area contributed by atoms with E-state index < -0.39 is 35.2 Å². The molecule has 0 unspecified atom stereocenters. The Balaban J connectivity index is 1.55. The van der Waals surface area contributed by atoms with Crippen molar-refractivity contribution < 1.29 is 33.4 Å². The SMILES string of the molecule is CCC(=O)OCC(=O)[C@@]1(OC(=O)CC)[C@@H](C)C[C@H]2[C@@H]3CCC4=CC(=O)C=C[C@]4(C)[C@]34O[C@@H]4C[C@@]21C. The van der Waals surface area contributed by atoms with Crippen LogP contribution in [0.1, 0.15) is 73.1 Å². The van der Waals surface area contributed by atoms with Gasteiger partial charge in [-0.15, -0.1) is 0 Å². The summed E-state index contributed by atoms with van der Waals surface area (Å²) in [6.07, 6.45) is 8.66. The number of epoxide rings is 1. The highest BCUT2D eigenvalue weighted by Crippen LogP contribution is 2.77. The first-order valence-corrected chi connectivity index (χ1v) is 13.0. The van der Waals surface area contributed by atoms with Crippen molar-refractivity contribution in [3.05, 3.63) is 23.8 Å². The van der Waals surface area contributed by atoms with Crippen molar-refractivity contribution in [2.45, 2.75) is 90.4 Å². The summed E-state index contributed by atoms with van der Waals surface area (Å²) in [5.74, 6) is -1.14. The molecule has 0 bridgehead atoms. The average molecular weight is 485 g/mol. The first kappa shape index (κ1) is 24.4. The van der Waals surface area contributed by atoms with Crippen molar-refractivity contribution in [2.24, 2.45) is 28.6 Å². The van der Waals surface area contributed by atoms with Crippen molar-refractivity contribution in [3.63, 3.8) is 0 Å². The number of carbonyl (C=O) groups is 4. The summed E-state index contributed by atoms with van der Waals surface area (Å²) in [7, 11) is 0. The molecule has 5 aliphatic rings. The summed E-state index contributed by atoms with van der Waals surface area (Å²) in [5.41, 5.74) is -1.64. The number of fused-ring (bicyclic) bond motifs is 3. The van der Waals surface area contributed by atoms with Crippen LogP contribution in [-0.4, -0.2) is 47.4 Å². The van der Waals surface area contributed by atoms with Gasteiger partial charge in [0.1, 0.15) is 5.60 Å². The van der Waals surface area contributed by atoms with E-state index in [4.69, 9.17) is 14.2 Å². The van der Waals surface area contributed by atoms with Crippen molar-refractivity contribution in [2.75, 3.05) is 6.61 Å². The molecule has 7 heteroatoms. The number of ketones is 2. The smallest absolute Gasteiger partial charge is 0.306 e. The number of hydrogen-bond donors (Lipinski definition) is 0. The molecule has 7 nitrogen and oxygen atoms in total. The lowest BCUT2D eigenvalue weighted by Gasteiger charge is -2.56. The molecule has 0 aromatic heterocycles. The molecular weight excluding hydrogens is 448 g/mol. The van der Waals surface area contributed by atoms with E-state index in [0.717, 1.165) is 24.8 Å². The Kier molecular flexibility index (Phi) is 5.48. The maximum absolute atomic E-state index is 13.9. The molecule has 3 saturated carbocycles. The second-order valence-corrected chi connectivity index (χ2v) is 11.5. The van der Waals surface area contributed by atoms with Crippen LogP contribution in [0.5, 0.6) is 0 Å². The molecule has 4 aliphatic carbocycles. The van der Waals surface area contributed by atoms with Gasteiger partial charge in [0.25, 0.3) is 0 Å². The molecule has 0 aromatic carbocycles. The molecule has 4 fully saturated rings. The lowest BCUT2D eigenvalue weighted by molar-refractivity contribution is -0.194. The van der Waals surface area contributed by atoms with Crippen LogP contribution in [-0.2, 0) is 33.4 Å². The van der Waals surface area contributed by atoms with E-state index in [9.17, 15) is 19.2 Å². The molecule has 1 aliphatic heterocycles. The number of carbonyl (C=O) groups excluding carboxylic acids is 4. The predicted octanol–water partition coefficient (Wildman–Crippen LogP) is 3.89. The summed E-state index contributed by atoms with van der Waals surface area (Å²) in [4.78, 5) is 50.5. The van der Waals surface area contributed by atoms with Crippen LogP contribution >= 0.6 is 0 Å². The van der Waals surface area contributed by atoms with E-state index in [-0.39, 0.29) is 53.7 Å². The van der Waals surface area contributed by atoms with Gasteiger partial charge in [-0.2, -0.15) is 0 Å². The van der Waals surface area contributed by atoms with E-state index >= 15 is 0 Å². The minimum absolute atomic E-state index is 0.0254. The summed E-state index contributed by atoms with van der Waals surface area (Å²) < 4.78 is 18.0. The fourth-order valence-corrected chi connectivity index (χ4v) is 8.44. The number of hydrogen-bond acceptors (Lipinski definition) is 7. The molecule has 1 heterocycles. The number of allylic oxidation sites excluding steroid dienone is 2. The van der Waals surface area contributed by atoms with Crippen LogP contribution in [0.2, 0.25) is 0 Å². The van der Waals surface area contributed by atoms with E-state index in [1.165, 1.54) is 0 Å². The van der Waals surface area contributed by atoms with Crippen LogP contribution < -0.4 is 0 Å². The second kappa shape index (κ2) is 7.86. The quantitative estimate of drug-likeness (QED) is 0.417. The fourth-order valence-electron chi connectivity index (χ4n) is 8.44. The third-order valence-corrected chi connectivity index (χ3v) is 10.1. The van der Waals surface area contributed by atoms with E-state index in [1.54, 1.807) is 26.0 Å². The van der Waals surface area contributed by atoms with Gasteiger partial charge in [-0.25, -0.2) is 0 Å². The molecule has 0 amide bonds. The molecule has 0 N–H and O–H groups in total. The number of rotatable bonds is 6. The Morgan fingerprint density at radius 1 is 1.11 bits per heavy atom. The molecule has 1 spiro atoms. The average Bonchev–Trinajstić information content (AvgIpc) is 3.50. The van der Waals surface area contributed by atoms with Crippen molar-refractivity contribution in [1.29, 1.82) is 0 Å². The van der Waals surface area contributed by atoms with E-state index in [0.29, 0.717) is 6.42 Å². The molecule has 5 rings (SSSR count). The van der Waals surface area contributed by atoms with Gasteiger partial charge in [0.2, 0.25) is 5.78 Å². The normalized spacial score (nSPS) is 44.8. The molecular formula is C28H36O7. The summed E-state index contributed by atoms with van der Waals surface area (Å²) in [6.45, 7) is 9.24. The molecule has 1 saturated heterocycles. The summed E-state index contributed by atoms with van der Waals surface area (Å²) in [5, 5.41) is 0. The van der Waals surface area contributed by atoms with Crippen LogP contribution in [0.15, 0.2) is 23.8 Å². The highest BCUT2D eigenvalue weighted by atomic mass is 16.6. The highest BCUT2D eigenvalue weighted by molar-refractivity contribution is 6.01. The van der Waals surface area contributed by atoms with Gasteiger partial charge in [0.05, 0.1) is 6.10 Å². The van der Waals surface area contributed by atoms with Crippen LogP contribution in [0.3, 0.4) is 0 Å². The maximum atomic E-state index is 13.9. The third-order valence-electron chi connectivity index (χ3n) is 10.1. The maximum Gasteiger partial charge on any atom is 0.306 e. The number of ether oxygens (including phenoxy) is 3. The van der Waals surface area contributed by atoms with Gasteiger partial charge in [-0.3, -0.25) is 19.2 Å². The van der Waals surface area contributed by atoms with Gasteiger partial charge >= 0.3 is 11.9 Å². The Labute approximate surface area is 206 Å². The number of esters is 2. The molecule has 190 valence electrons. The van der Waals surface area contributed by atoms with E-state index in [2.05, 4.69) is 13.8 Å². The van der Waals surface area contributed by atoms with Gasteiger partial charge in [0.15, 0.2) is 18.0 Å². The fraction of sp³-hybridized carbons (Fsp3) is 0.714. The second-order valence-electron chi connectivity index (χ2n) is 11.5. The lowest BCUT2D eigenvalue weighted by atomic mass is 9.46. The van der Waals surface area contributed by atoms with Crippen molar-refractivity contribution in [3.8, 4) is 0 Å². The monoisotopic (exact) mass is 484 g/mol. The van der Waals surface area contributed by atoms with Gasteiger partial charge in [0, 0.05) is 29.6 Å². The topological polar surface area (TPSA) is 99.3 Å². The standard InChI is InChI=1S/C28H36O7/c1-6-23(31)33-15-21(30)27(35-24(32)7-2)16(3)12-20-19-9-8-17-13-18(29)10-11-25(17,4)28(19)22(34-28)14-26(20,27)5/h10-11,13,16,19-20,22H,6-9,12,14-15H2,1-5H3/t16-,19-,20-,22+,25-,26-,27-,28-/m0/s1. The zero-order chi connectivity index (χ0) is 25.4. The van der Waals surface area contributed by atoms with Crippen molar-refractivity contribution in [1.82, 2.24) is 0 Å². The van der Waals surface area contributed by atoms with E-state index in [1.807, 2.05) is 13.0 Å². The van der Waals surface area contributed by atoms with Crippen LogP contribution in [0.4, 0.5) is 0 Å². The zero-order valence-corrected chi connectivity index (χ0v) is 21.3. The molecule has 8 atom stereocenters. The van der Waals surface area contributed by atoms with Crippen LogP contribution in [0.25, 0.3) is 0 Å². The first-order valence-electron chi connectivity index (χ1n) is 13.0. The minimum atomic E-state index is -1.37. The Morgan fingerprint density at radius 2 is 1.83 bits per heavy atom. The Morgan fingerprint density at radius 3 is 2.51 bits per heavy atom. The summed E-state index contributed by atoms with van der Waals surface area (Å²) >= 11 is 0. The minimum Gasteiger partial charge on any atom is -0.457 e. The Bertz CT molecular complexity index is 1060.